The van der Waals surface area contributed by atoms with E-state index >= 15 is 0 Å². The molecule has 2 heterocycles. The second-order valence-corrected chi connectivity index (χ2v) is 7.84. The van der Waals surface area contributed by atoms with E-state index in [-0.39, 0.29) is 5.63 Å². The van der Waals surface area contributed by atoms with Crippen molar-refractivity contribution in [2.75, 3.05) is 13.3 Å². The van der Waals surface area contributed by atoms with Gasteiger partial charge in [-0.3, -0.25) is 4.90 Å². The number of quaternary nitrogens is 1. The Kier molecular flexibility index (Phi) is 5.49. The summed E-state index contributed by atoms with van der Waals surface area (Å²) in [6.45, 7) is 6.83. The molecule has 2 atom stereocenters. The van der Waals surface area contributed by atoms with Crippen LogP contribution in [0.1, 0.15) is 49.3 Å². The third-order valence-electron chi connectivity index (χ3n) is 5.68. The summed E-state index contributed by atoms with van der Waals surface area (Å²) < 4.78 is 11.7. The first-order chi connectivity index (χ1) is 13.7. The van der Waals surface area contributed by atoms with E-state index in [1.807, 2.05) is 18.2 Å². The van der Waals surface area contributed by atoms with Gasteiger partial charge in [0.05, 0.1) is 12.1 Å². The van der Waals surface area contributed by atoms with Crippen LogP contribution in [-0.4, -0.2) is 13.3 Å². The smallest absolute Gasteiger partial charge is 0.336 e. The number of rotatable bonds is 6. The lowest BCUT2D eigenvalue weighted by Gasteiger charge is -2.28. The van der Waals surface area contributed by atoms with Crippen molar-refractivity contribution in [1.29, 1.82) is 0 Å². The van der Waals surface area contributed by atoms with Crippen molar-refractivity contribution in [2.24, 2.45) is 0 Å². The molecule has 0 bridgehead atoms. The minimum Gasteiger partial charge on any atom is -0.445 e. The van der Waals surface area contributed by atoms with Gasteiger partial charge in [0.1, 0.15) is 12.3 Å². The monoisotopic (exact) mass is 378 g/mol. The molecule has 3 aromatic rings. The van der Waals surface area contributed by atoms with Crippen molar-refractivity contribution in [3.63, 3.8) is 0 Å². The first kappa shape index (κ1) is 18.8. The van der Waals surface area contributed by atoms with Crippen LogP contribution in [0.2, 0.25) is 0 Å². The summed E-state index contributed by atoms with van der Waals surface area (Å²) in [5.41, 5.74) is 3.89. The molecular weight excluding hydrogens is 350 g/mol. The van der Waals surface area contributed by atoms with Crippen LogP contribution in [0, 0.1) is 0 Å². The number of nitrogens with one attached hydrogen (secondary N) is 1. The summed E-state index contributed by atoms with van der Waals surface area (Å²) in [5.74, 6) is 1.28. The Balaban J connectivity index is 1.63. The van der Waals surface area contributed by atoms with E-state index in [1.54, 1.807) is 6.07 Å². The fourth-order valence-corrected chi connectivity index (χ4v) is 4.15. The molecule has 28 heavy (non-hydrogen) atoms. The predicted octanol–water partition coefficient (Wildman–Crippen LogP) is 3.67. The Bertz CT molecular complexity index is 1010. The van der Waals surface area contributed by atoms with Crippen molar-refractivity contribution in [3.05, 3.63) is 75.6 Å². The number of ether oxygens (including phenoxy) is 1. The maximum Gasteiger partial charge on any atom is 0.336 e. The van der Waals surface area contributed by atoms with Crippen LogP contribution in [0.4, 0.5) is 0 Å². The molecule has 146 valence electrons. The molecule has 0 fully saturated rings. The summed E-state index contributed by atoms with van der Waals surface area (Å²) in [7, 11) is 0. The van der Waals surface area contributed by atoms with Gasteiger partial charge in [-0.1, -0.05) is 50.6 Å². The molecule has 1 unspecified atom stereocenters. The minimum absolute atomic E-state index is 0.267. The van der Waals surface area contributed by atoms with Crippen molar-refractivity contribution in [3.8, 4) is 5.75 Å². The van der Waals surface area contributed by atoms with Crippen LogP contribution >= 0.6 is 0 Å². The average molecular weight is 378 g/mol. The Labute approximate surface area is 165 Å². The van der Waals surface area contributed by atoms with Crippen LogP contribution in [0.25, 0.3) is 11.0 Å². The summed E-state index contributed by atoms with van der Waals surface area (Å²) >= 11 is 0. The number of aryl methyl sites for hydroxylation is 1. The van der Waals surface area contributed by atoms with Crippen LogP contribution < -0.4 is 15.3 Å². The molecule has 0 spiro atoms. The molecule has 1 N–H and O–H groups in total. The van der Waals surface area contributed by atoms with E-state index in [9.17, 15) is 4.79 Å². The van der Waals surface area contributed by atoms with Crippen LogP contribution in [-0.2, 0) is 13.0 Å². The molecule has 0 saturated heterocycles. The number of fused-ring (bicyclic) bond motifs is 3. The zero-order valence-corrected chi connectivity index (χ0v) is 16.7. The maximum absolute atomic E-state index is 12.2. The molecule has 4 rings (SSSR count). The maximum atomic E-state index is 12.2. The molecule has 0 saturated carbocycles. The third-order valence-corrected chi connectivity index (χ3v) is 5.68. The largest absolute Gasteiger partial charge is 0.445 e. The first-order valence-corrected chi connectivity index (χ1v) is 10.3. The fraction of sp³-hybridized carbons (Fsp3) is 0.375. The van der Waals surface area contributed by atoms with E-state index in [4.69, 9.17) is 9.15 Å². The number of hydrogen-bond acceptors (Lipinski definition) is 3. The highest BCUT2D eigenvalue weighted by atomic mass is 16.5. The van der Waals surface area contributed by atoms with Crippen LogP contribution in [0.5, 0.6) is 5.75 Å². The highest BCUT2D eigenvalue weighted by Crippen LogP contribution is 2.30. The van der Waals surface area contributed by atoms with Gasteiger partial charge in [0.2, 0.25) is 6.73 Å². The number of benzene rings is 2. The molecule has 1 aliphatic rings. The molecular formula is C24H28NO3+. The van der Waals surface area contributed by atoms with Gasteiger partial charge in [0.15, 0.2) is 5.58 Å². The molecule has 0 radical (unpaired) electrons. The SMILES string of the molecule is CCCCc1cc(=O)oc2c3c(ccc12)OC[NH+](C[C@H](C)c1ccccc1)C3. The Hall–Kier alpha value is -2.59. The molecule has 0 aliphatic carbocycles. The lowest BCUT2D eigenvalue weighted by molar-refractivity contribution is -0.933. The third kappa shape index (κ3) is 3.83. The van der Waals surface area contributed by atoms with Gasteiger partial charge >= 0.3 is 5.63 Å². The number of unbranched alkanes of at least 4 members (excludes halogenated alkanes) is 1. The molecule has 4 heteroatoms. The van der Waals surface area contributed by atoms with Crippen molar-refractivity contribution in [1.82, 2.24) is 0 Å². The van der Waals surface area contributed by atoms with Crippen LogP contribution in [0.3, 0.4) is 0 Å². The summed E-state index contributed by atoms with van der Waals surface area (Å²) in [5, 5.41) is 1.05. The van der Waals surface area contributed by atoms with Crippen molar-refractivity contribution in [2.45, 2.75) is 45.6 Å². The highest BCUT2D eigenvalue weighted by molar-refractivity contribution is 5.85. The molecule has 1 aromatic heterocycles. The lowest BCUT2D eigenvalue weighted by Crippen LogP contribution is -3.12. The standard InChI is InChI=1S/C24H27NO3/c1-3-4-8-19-13-23(26)28-24-20(19)11-12-22-21(24)15-25(16-27-22)14-17(2)18-9-6-5-7-10-18/h5-7,9-13,17H,3-4,8,14-16H2,1-2H3/p+1/t17-/m0/s1. The topological polar surface area (TPSA) is 43.9 Å². The van der Waals surface area contributed by atoms with Gasteiger partial charge in [0, 0.05) is 17.4 Å². The molecule has 4 nitrogen and oxygen atoms in total. The van der Waals surface area contributed by atoms with Gasteiger partial charge in [-0.15, -0.1) is 0 Å². The lowest BCUT2D eigenvalue weighted by atomic mass is 9.99. The van der Waals surface area contributed by atoms with Gasteiger partial charge in [-0.2, -0.15) is 0 Å². The second-order valence-electron chi connectivity index (χ2n) is 7.84. The van der Waals surface area contributed by atoms with E-state index < -0.39 is 0 Å². The zero-order valence-electron chi connectivity index (χ0n) is 16.7. The quantitative estimate of drug-likeness (QED) is 0.666. The highest BCUT2D eigenvalue weighted by Gasteiger charge is 2.26. The van der Waals surface area contributed by atoms with Crippen LogP contribution in [0.15, 0.2) is 57.7 Å². The average Bonchev–Trinajstić information content (AvgIpc) is 2.72. The molecule has 2 aromatic carbocycles. The predicted molar refractivity (Wildman–Crippen MR) is 111 cm³/mol. The Morgan fingerprint density at radius 1 is 1.14 bits per heavy atom. The van der Waals surface area contributed by atoms with E-state index in [0.717, 1.165) is 54.6 Å². The summed E-state index contributed by atoms with van der Waals surface area (Å²) in [6.07, 6.45) is 3.07. The molecule has 0 amide bonds. The second kappa shape index (κ2) is 8.19. The first-order valence-electron chi connectivity index (χ1n) is 10.3. The Morgan fingerprint density at radius 2 is 1.96 bits per heavy atom. The van der Waals surface area contributed by atoms with Gasteiger partial charge in [-0.05, 0) is 36.1 Å². The minimum atomic E-state index is -0.267. The van der Waals surface area contributed by atoms with Crippen molar-refractivity contribution >= 4 is 11.0 Å². The van der Waals surface area contributed by atoms with E-state index in [0.29, 0.717) is 18.2 Å². The Morgan fingerprint density at radius 3 is 2.75 bits per heavy atom. The van der Waals surface area contributed by atoms with Gasteiger partial charge < -0.3 is 9.15 Å². The molecule has 1 aliphatic heterocycles. The van der Waals surface area contributed by atoms with Gasteiger partial charge in [0.25, 0.3) is 0 Å². The normalized spacial score (nSPS) is 17.1. The van der Waals surface area contributed by atoms with Crippen molar-refractivity contribution < 1.29 is 14.1 Å². The zero-order chi connectivity index (χ0) is 19.5. The summed E-state index contributed by atoms with van der Waals surface area (Å²) in [6, 6.07) is 16.3. The van der Waals surface area contributed by atoms with Gasteiger partial charge in [-0.25, -0.2) is 4.79 Å². The summed E-state index contributed by atoms with van der Waals surface area (Å²) in [4.78, 5) is 13.5. The van der Waals surface area contributed by atoms with E-state index in [1.165, 1.54) is 10.5 Å². The van der Waals surface area contributed by atoms with E-state index in [2.05, 4.69) is 38.1 Å². The number of hydrogen-bond donors (Lipinski definition) is 1. The fourth-order valence-electron chi connectivity index (χ4n) is 4.15.